The standard InChI is InChI=1S/C15H22N2O4S.C2HF3O2/c1-2-22(18,19)17-7-8-20-14-10-12(9-13(14)17)11-21-15-5-3-4-6-16-15;3-2(4,5)1(6)7/h3-6,12-14H,2,7-11H2,1H3;(H,6,7). The highest BCUT2D eigenvalue weighted by atomic mass is 32.2. The maximum atomic E-state index is 12.2. The molecule has 3 unspecified atom stereocenters. The molecule has 0 amide bonds. The van der Waals surface area contributed by atoms with Crippen LogP contribution in [0, 0.1) is 5.92 Å². The van der Waals surface area contributed by atoms with Crippen molar-refractivity contribution in [2.24, 2.45) is 5.92 Å². The molecule has 2 aliphatic rings. The van der Waals surface area contributed by atoms with Gasteiger partial charge in [-0.2, -0.15) is 17.5 Å². The Morgan fingerprint density at radius 2 is 2.07 bits per heavy atom. The van der Waals surface area contributed by atoms with Crippen LogP contribution in [0.4, 0.5) is 13.2 Å². The van der Waals surface area contributed by atoms with Gasteiger partial charge in [0.25, 0.3) is 0 Å². The number of fused-ring (bicyclic) bond motifs is 1. The van der Waals surface area contributed by atoms with Crippen molar-refractivity contribution >= 4 is 16.0 Å². The average Bonchev–Trinajstić information content (AvgIpc) is 3.10. The topological polar surface area (TPSA) is 106 Å². The molecule has 0 spiro atoms. The summed E-state index contributed by atoms with van der Waals surface area (Å²) in [6.07, 6.45) is -1.76. The number of hydrogen-bond donors (Lipinski definition) is 1. The zero-order chi connectivity index (χ0) is 21.7. The zero-order valence-electron chi connectivity index (χ0n) is 15.7. The second kappa shape index (κ2) is 9.72. The molecule has 1 aromatic rings. The van der Waals surface area contributed by atoms with Gasteiger partial charge < -0.3 is 14.6 Å². The number of sulfonamides is 1. The molecular formula is C17H23F3N2O6S. The van der Waals surface area contributed by atoms with Gasteiger partial charge in [0.15, 0.2) is 0 Å². The van der Waals surface area contributed by atoms with Gasteiger partial charge in [0.1, 0.15) is 0 Å². The highest BCUT2D eigenvalue weighted by Gasteiger charge is 2.45. The van der Waals surface area contributed by atoms with E-state index < -0.39 is 22.2 Å². The van der Waals surface area contributed by atoms with Gasteiger partial charge in [-0.1, -0.05) is 6.07 Å². The Kier molecular flexibility index (Phi) is 7.83. The fraction of sp³-hybridized carbons (Fsp3) is 0.647. The third-order valence-corrected chi connectivity index (χ3v) is 6.55. The van der Waals surface area contributed by atoms with Gasteiger partial charge in [-0.05, 0) is 31.7 Å². The highest BCUT2D eigenvalue weighted by molar-refractivity contribution is 7.89. The second-order valence-electron chi connectivity index (χ2n) is 6.61. The van der Waals surface area contributed by atoms with Crippen LogP contribution in [-0.2, 0) is 19.6 Å². The molecule has 1 saturated heterocycles. The highest BCUT2D eigenvalue weighted by Crippen LogP contribution is 2.35. The molecule has 29 heavy (non-hydrogen) atoms. The Morgan fingerprint density at radius 1 is 1.38 bits per heavy atom. The SMILES string of the molecule is CCS(=O)(=O)N1CCOC2CC(COc3ccccn3)CC21.O=C(O)C(F)(F)F. The molecular weight excluding hydrogens is 417 g/mol. The number of aliphatic carboxylic acids is 1. The Bertz CT molecular complexity index is 775. The third kappa shape index (κ3) is 6.54. The van der Waals surface area contributed by atoms with E-state index in [9.17, 15) is 21.6 Å². The van der Waals surface area contributed by atoms with Crippen LogP contribution in [0.5, 0.6) is 5.88 Å². The first-order chi connectivity index (χ1) is 13.5. The maximum absolute atomic E-state index is 12.2. The van der Waals surface area contributed by atoms with Crippen LogP contribution in [-0.4, -0.2) is 72.6 Å². The van der Waals surface area contributed by atoms with Crippen molar-refractivity contribution in [2.75, 3.05) is 25.5 Å². The summed E-state index contributed by atoms with van der Waals surface area (Å²) in [4.78, 5) is 13.0. The lowest BCUT2D eigenvalue weighted by molar-refractivity contribution is -0.192. The Balaban J connectivity index is 0.000000370. The van der Waals surface area contributed by atoms with Crippen LogP contribution in [0.25, 0.3) is 0 Å². The summed E-state index contributed by atoms with van der Waals surface area (Å²) < 4.78 is 69.3. The summed E-state index contributed by atoms with van der Waals surface area (Å²) >= 11 is 0. The van der Waals surface area contributed by atoms with Crippen LogP contribution < -0.4 is 4.74 Å². The number of carbonyl (C=O) groups is 1. The van der Waals surface area contributed by atoms with Crippen LogP contribution in [0.2, 0.25) is 0 Å². The molecule has 164 valence electrons. The number of carboxylic acids is 1. The summed E-state index contributed by atoms with van der Waals surface area (Å²) in [6, 6.07) is 5.51. The van der Waals surface area contributed by atoms with Gasteiger partial charge in [0.2, 0.25) is 15.9 Å². The lowest BCUT2D eigenvalue weighted by Crippen LogP contribution is -2.51. The lowest BCUT2D eigenvalue weighted by Gasteiger charge is -2.36. The summed E-state index contributed by atoms with van der Waals surface area (Å²) in [5, 5.41) is 7.12. The fourth-order valence-electron chi connectivity index (χ4n) is 3.30. The molecule has 12 heteroatoms. The van der Waals surface area contributed by atoms with Gasteiger partial charge in [-0.15, -0.1) is 0 Å². The number of aromatic nitrogens is 1. The first kappa shape index (κ1) is 23.4. The molecule has 1 N–H and O–H groups in total. The van der Waals surface area contributed by atoms with Gasteiger partial charge in [-0.25, -0.2) is 18.2 Å². The molecule has 0 aromatic carbocycles. The second-order valence-corrected chi connectivity index (χ2v) is 8.82. The molecule has 0 radical (unpaired) electrons. The monoisotopic (exact) mass is 440 g/mol. The molecule has 1 aliphatic heterocycles. The van der Waals surface area contributed by atoms with Crippen molar-refractivity contribution in [3.63, 3.8) is 0 Å². The van der Waals surface area contributed by atoms with Crippen LogP contribution >= 0.6 is 0 Å². The van der Waals surface area contributed by atoms with Crippen molar-refractivity contribution in [1.82, 2.24) is 9.29 Å². The normalized spacial score (nSPS) is 24.9. The fourth-order valence-corrected chi connectivity index (χ4v) is 4.62. The number of halogens is 3. The molecule has 8 nitrogen and oxygen atoms in total. The van der Waals surface area contributed by atoms with Crippen molar-refractivity contribution in [1.29, 1.82) is 0 Å². The molecule has 2 heterocycles. The van der Waals surface area contributed by atoms with Crippen molar-refractivity contribution < 1.29 is 41.0 Å². The van der Waals surface area contributed by atoms with E-state index in [2.05, 4.69) is 4.98 Å². The summed E-state index contributed by atoms with van der Waals surface area (Å²) in [7, 11) is -3.17. The summed E-state index contributed by atoms with van der Waals surface area (Å²) in [5.41, 5.74) is 0. The predicted octanol–water partition coefficient (Wildman–Crippen LogP) is 1.92. The molecule has 2 fully saturated rings. The minimum Gasteiger partial charge on any atom is -0.477 e. The molecule has 1 aromatic heterocycles. The summed E-state index contributed by atoms with van der Waals surface area (Å²) in [5.74, 6) is -1.71. The molecule has 1 aliphatic carbocycles. The maximum Gasteiger partial charge on any atom is 0.490 e. The number of morpholine rings is 1. The number of pyridine rings is 1. The van der Waals surface area contributed by atoms with Crippen molar-refractivity contribution in [3.8, 4) is 5.88 Å². The summed E-state index contributed by atoms with van der Waals surface area (Å²) in [6.45, 7) is 3.18. The van der Waals surface area contributed by atoms with Gasteiger partial charge in [-0.3, -0.25) is 0 Å². The number of alkyl halides is 3. The largest absolute Gasteiger partial charge is 0.490 e. The zero-order valence-corrected chi connectivity index (χ0v) is 16.5. The number of ether oxygens (including phenoxy) is 2. The lowest BCUT2D eigenvalue weighted by atomic mass is 10.1. The first-order valence-corrected chi connectivity index (χ1v) is 10.6. The van der Waals surface area contributed by atoms with E-state index in [1.54, 1.807) is 17.4 Å². The van der Waals surface area contributed by atoms with E-state index in [0.29, 0.717) is 31.6 Å². The number of hydrogen-bond acceptors (Lipinski definition) is 6. The minimum atomic E-state index is -5.08. The number of nitrogens with zero attached hydrogens (tertiary/aromatic N) is 2. The van der Waals surface area contributed by atoms with Crippen molar-refractivity contribution in [2.45, 2.75) is 38.1 Å². The quantitative estimate of drug-likeness (QED) is 0.746. The Labute approximate surface area is 166 Å². The van der Waals surface area contributed by atoms with E-state index in [1.165, 1.54) is 0 Å². The molecule has 0 bridgehead atoms. The smallest absolute Gasteiger partial charge is 0.477 e. The third-order valence-electron chi connectivity index (χ3n) is 4.65. The van der Waals surface area contributed by atoms with Crippen LogP contribution in [0.3, 0.4) is 0 Å². The molecule has 1 saturated carbocycles. The van der Waals surface area contributed by atoms with Gasteiger partial charge in [0.05, 0.1) is 31.1 Å². The van der Waals surface area contributed by atoms with E-state index in [4.69, 9.17) is 19.4 Å². The van der Waals surface area contributed by atoms with E-state index >= 15 is 0 Å². The Hall–Kier alpha value is -1.92. The van der Waals surface area contributed by atoms with Gasteiger partial charge in [0, 0.05) is 18.8 Å². The average molecular weight is 440 g/mol. The first-order valence-electron chi connectivity index (χ1n) is 8.99. The van der Waals surface area contributed by atoms with Crippen molar-refractivity contribution in [3.05, 3.63) is 24.4 Å². The van der Waals surface area contributed by atoms with E-state index in [0.717, 1.165) is 12.8 Å². The predicted molar refractivity (Wildman–Crippen MR) is 95.8 cm³/mol. The molecule has 3 atom stereocenters. The van der Waals surface area contributed by atoms with E-state index in [1.807, 2.05) is 18.2 Å². The number of rotatable bonds is 5. The Morgan fingerprint density at radius 3 is 2.62 bits per heavy atom. The van der Waals surface area contributed by atoms with Crippen LogP contribution in [0.15, 0.2) is 24.4 Å². The van der Waals surface area contributed by atoms with Crippen LogP contribution in [0.1, 0.15) is 19.8 Å². The minimum absolute atomic E-state index is 0.00703. The van der Waals surface area contributed by atoms with E-state index in [-0.39, 0.29) is 17.9 Å². The number of carboxylic acid groups (broad SMARTS) is 1. The molecule has 3 rings (SSSR count). The van der Waals surface area contributed by atoms with Gasteiger partial charge >= 0.3 is 12.1 Å².